The van der Waals surface area contributed by atoms with Crippen molar-refractivity contribution < 1.29 is 0 Å². The minimum absolute atomic E-state index is 0.0510. The molecule has 178 valence electrons. The number of dihydropyridines is 1. The Bertz CT molecular complexity index is 1780. The van der Waals surface area contributed by atoms with Gasteiger partial charge in [-0.1, -0.05) is 91.1 Å². The van der Waals surface area contributed by atoms with E-state index in [-0.39, 0.29) is 12.0 Å². The van der Waals surface area contributed by atoms with Gasteiger partial charge in [-0.3, -0.25) is 9.98 Å². The summed E-state index contributed by atoms with van der Waals surface area (Å²) in [5.41, 5.74) is 15.2. The molecule has 0 saturated heterocycles. The van der Waals surface area contributed by atoms with Crippen LogP contribution in [0.3, 0.4) is 0 Å². The number of nitrogens with zero attached hydrogens (tertiary/aromatic N) is 2. The van der Waals surface area contributed by atoms with Crippen LogP contribution in [-0.4, -0.2) is 17.2 Å². The number of aliphatic imine (C=N–C) groups is 1. The summed E-state index contributed by atoms with van der Waals surface area (Å²) in [4.78, 5) is 9.40. The Hall–Kier alpha value is -4.82. The summed E-state index contributed by atoms with van der Waals surface area (Å²) >= 11 is 0. The number of aromatic nitrogens is 1. The van der Waals surface area contributed by atoms with Gasteiger partial charge >= 0.3 is 0 Å². The van der Waals surface area contributed by atoms with Gasteiger partial charge in [0, 0.05) is 30.1 Å². The zero-order chi connectivity index (χ0) is 25.1. The molecule has 1 aliphatic heterocycles. The molecule has 2 nitrogen and oxygen atoms in total. The van der Waals surface area contributed by atoms with Crippen molar-refractivity contribution in [3.05, 3.63) is 172 Å². The zero-order valence-electron chi connectivity index (χ0n) is 20.8. The first-order chi connectivity index (χ1) is 18.8. The van der Waals surface area contributed by atoms with Crippen LogP contribution >= 0.6 is 0 Å². The molecular formula is C36H24N2. The lowest BCUT2D eigenvalue weighted by Gasteiger charge is -2.40. The average Bonchev–Trinajstić information content (AvgIpc) is 3.00. The first kappa shape index (κ1) is 21.3. The molecule has 2 heterocycles. The van der Waals surface area contributed by atoms with E-state index in [4.69, 9.17) is 4.99 Å². The van der Waals surface area contributed by atoms with E-state index in [0.717, 1.165) is 5.56 Å². The topological polar surface area (TPSA) is 25.2 Å². The van der Waals surface area contributed by atoms with Crippen LogP contribution in [0.25, 0.3) is 22.3 Å². The van der Waals surface area contributed by atoms with E-state index in [0.29, 0.717) is 0 Å². The van der Waals surface area contributed by atoms with Gasteiger partial charge in [0.15, 0.2) is 0 Å². The van der Waals surface area contributed by atoms with Crippen molar-refractivity contribution in [1.29, 1.82) is 0 Å². The zero-order valence-corrected chi connectivity index (χ0v) is 20.8. The molecule has 38 heavy (non-hydrogen) atoms. The first-order valence-electron chi connectivity index (χ1n) is 13.1. The maximum atomic E-state index is 5.08. The standard InChI is InChI=1S/C36H24N2/c1-2-6-23(7-3-1)30-20-29-19-27-13-15-32-31(26-9-4-8-25(18-26)28-10-5-17-37-21-28)14-11-24-12-16-33(35(27)34(24)32)36(29)38-22-30/h1-22,34,36H. The molecule has 2 aromatic carbocycles. The summed E-state index contributed by atoms with van der Waals surface area (Å²) in [6, 6.07) is 23.5. The van der Waals surface area contributed by atoms with E-state index in [1.165, 1.54) is 61.3 Å². The lowest BCUT2D eigenvalue weighted by molar-refractivity contribution is 0.786. The first-order valence-corrected chi connectivity index (χ1v) is 13.1. The third-order valence-electron chi connectivity index (χ3n) is 8.10. The maximum Gasteiger partial charge on any atom is 0.100 e. The third kappa shape index (κ3) is 3.27. The molecule has 4 aliphatic carbocycles. The third-order valence-corrected chi connectivity index (χ3v) is 8.10. The predicted molar refractivity (Wildman–Crippen MR) is 156 cm³/mol. The Kier molecular flexibility index (Phi) is 4.68. The number of allylic oxidation sites excluding steroid dienone is 12. The summed E-state index contributed by atoms with van der Waals surface area (Å²) in [6.07, 6.45) is 24.3. The Morgan fingerprint density at radius 3 is 2.42 bits per heavy atom. The minimum Gasteiger partial charge on any atom is -0.280 e. The van der Waals surface area contributed by atoms with Gasteiger partial charge in [-0.05, 0) is 85.6 Å². The molecule has 0 N–H and O–H groups in total. The molecule has 3 aromatic rings. The molecule has 1 aromatic heterocycles. The van der Waals surface area contributed by atoms with E-state index in [9.17, 15) is 0 Å². The molecule has 5 aliphatic rings. The normalized spacial score (nSPS) is 22.3. The van der Waals surface area contributed by atoms with Crippen LogP contribution in [-0.2, 0) is 0 Å². The summed E-state index contributed by atoms with van der Waals surface area (Å²) in [5, 5.41) is 0. The van der Waals surface area contributed by atoms with Crippen LogP contribution in [0.4, 0.5) is 0 Å². The quantitative estimate of drug-likeness (QED) is 0.371. The van der Waals surface area contributed by atoms with Gasteiger partial charge in [0.2, 0.25) is 0 Å². The highest BCUT2D eigenvalue weighted by atomic mass is 14.8. The number of benzene rings is 2. The van der Waals surface area contributed by atoms with Gasteiger partial charge < -0.3 is 0 Å². The summed E-state index contributed by atoms with van der Waals surface area (Å²) in [7, 11) is 0. The van der Waals surface area contributed by atoms with Gasteiger partial charge in [-0.25, -0.2) is 0 Å². The number of hydrogen-bond donors (Lipinski definition) is 0. The van der Waals surface area contributed by atoms with Crippen molar-refractivity contribution in [3.8, 4) is 11.1 Å². The predicted octanol–water partition coefficient (Wildman–Crippen LogP) is 7.90. The smallest absolute Gasteiger partial charge is 0.100 e. The molecule has 0 saturated carbocycles. The molecular weight excluding hydrogens is 460 g/mol. The van der Waals surface area contributed by atoms with Crippen LogP contribution in [0.15, 0.2) is 166 Å². The largest absolute Gasteiger partial charge is 0.280 e. The lowest BCUT2D eigenvalue weighted by atomic mass is 9.65. The minimum atomic E-state index is 0.0510. The molecule has 0 fully saturated rings. The molecule has 2 unspecified atom stereocenters. The molecule has 0 spiro atoms. The van der Waals surface area contributed by atoms with Crippen LogP contribution in [0.2, 0.25) is 0 Å². The van der Waals surface area contributed by atoms with Crippen LogP contribution < -0.4 is 0 Å². The number of rotatable bonds is 3. The Labute approximate surface area is 222 Å². The highest BCUT2D eigenvalue weighted by molar-refractivity contribution is 6.12. The van der Waals surface area contributed by atoms with Crippen molar-refractivity contribution in [1.82, 2.24) is 4.98 Å². The molecule has 2 heteroatoms. The highest BCUT2D eigenvalue weighted by Gasteiger charge is 2.39. The van der Waals surface area contributed by atoms with Crippen LogP contribution in [0, 0.1) is 5.92 Å². The molecule has 2 atom stereocenters. The van der Waals surface area contributed by atoms with Gasteiger partial charge in [0.1, 0.15) is 6.04 Å². The number of hydrogen-bond acceptors (Lipinski definition) is 2. The van der Waals surface area contributed by atoms with Crippen molar-refractivity contribution in [2.75, 3.05) is 0 Å². The summed E-state index contributed by atoms with van der Waals surface area (Å²) < 4.78 is 0. The summed E-state index contributed by atoms with van der Waals surface area (Å²) in [6.45, 7) is 0. The van der Waals surface area contributed by atoms with Crippen LogP contribution in [0.5, 0.6) is 0 Å². The maximum absolute atomic E-state index is 5.08. The monoisotopic (exact) mass is 484 g/mol. The second kappa shape index (κ2) is 8.36. The van der Waals surface area contributed by atoms with Gasteiger partial charge in [-0.2, -0.15) is 0 Å². The van der Waals surface area contributed by atoms with Crippen molar-refractivity contribution in [2.45, 2.75) is 6.04 Å². The second-order valence-electron chi connectivity index (χ2n) is 10.2. The molecule has 0 bridgehead atoms. The second-order valence-corrected chi connectivity index (χ2v) is 10.2. The van der Waals surface area contributed by atoms with E-state index >= 15 is 0 Å². The van der Waals surface area contributed by atoms with Gasteiger partial charge in [-0.15, -0.1) is 0 Å². The Morgan fingerprint density at radius 2 is 1.53 bits per heavy atom. The van der Waals surface area contributed by atoms with E-state index in [1.54, 1.807) is 0 Å². The average molecular weight is 485 g/mol. The molecule has 8 rings (SSSR count). The fraction of sp³-hybridized carbons (Fsp3) is 0.0556. The van der Waals surface area contributed by atoms with Crippen molar-refractivity contribution >= 4 is 17.4 Å². The van der Waals surface area contributed by atoms with E-state index in [2.05, 4.69) is 120 Å². The molecule has 0 radical (unpaired) electrons. The van der Waals surface area contributed by atoms with E-state index in [1.807, 2.05) is 18.5 Å². The van der Waals surface area contributed by atoms with E-state index < -0.39 is 0 Å². The fourth-order valence-corrected chi connectivity index (χ4v) is 6.32. The van der Waals surface area contributed by atoms with Gasteiger partial charge in [0.05, 0.1) is 0 Å². The van der Waals surface area contributed by atoms with Gasteiger partial charge in [0.25, 0.3) is 0 Å². The molecule has 0 amide bonds. The highest BCUT2D eigenvalue weighted by Crippen LogP contribution is 2.51. The number of pyridine rings is 1. The van der Waals surface area contributed by atoms with Crippen LogP contribution in [0.1, 0.15) is 11.1 Å². The Balaban J connectivity index is 1.23. The fourth-order valence-electron chi connectivity index (χ4n) is 6.32. The lowest BCUT2D eigenvalue weighted by Crippen LogP contribution is -2.29. The summed E-state index contributed by atoms with van der Waals surface area (Å²) in [5.74, 6) is 0.240. The van der Waals surface area contributed by atoms with Crippen molar-refractivity contribution in [3.63, 3.8) is 0 Å². The van der Waals surface area contributed by atoms with Crippen molar-refractivity contribution in [2.24, 2.45) is 10.9 Å². The Morgan fingerprint density at radius 1 is 0.658 bits per heavy atom. The SMILES string of the molecule is C1=CC(c2cccc(-c3cccnc3)c2)=C2C=CC3=C4C(=CC=C1C24)C1N=CC(c2ccccc2)=CC1=C3. The number of fused-ring (bicyclic) bond motifs is 2.